The zero-order valence-electron chi connectivity index (χ0n) is 11.4. The summed E-state index contributed by atoms with van der Waals surface area (Å²) in [6.07, 6.45) is 3.41. The molecule has 0 unspecified atom stereocenters. The Labute approximate surface area is 126 Å². The second kappa shape index (κ2) is 5.93. The summed E-state index contributed by atoms with van der Waals surface area (Å²) in [5.74, 6) is 1.48. The number of rotatable bonds is 4. The van der Waals surface area contributed by atoms with E-state index in [1.807, 2.05) is 30.3 Å². The fourth-order valence-electron chi connectivity index (χ4n) is 2.06. The predicted molar refractivity (Wildman–Crippen MR) is 82.7 cm³/mol. The van der Waals surface area contributed by atoms with Crippen LogP contribution in [0.3, 0.4) is 0 Å². The molecule has 2 heterocycles. The molecule has 0 bridgehead atoms. The fourth-order valence-corrected chi connectivity index (χ4v) is 2.27. The molecule has 0 amide bonds. The molecule has 0 fully saturated rings. The minimum Gasteiger partial charge on any atom is -0.497 e. The van der Waals surface area contributed by atoms with Crippen LogP contribution in [-0.2, 0) is 6.54 Å². The van der Waals surface area contributed by atoms with Crippen LogP contribution in [0.2, 0.25) is 5.15 Å². The van der Waals surface area contributed by atoms with Gasteiger partial charge in [-0.3, -0.25) is 4.98 Å². The van der Waals surface area contributed by atoms with Gasteiger partial charge in [0.25, 0.3) is 0 Å². The molecule has 2 aromatic heterocycles. The Kier molecular flexibility index (Phi) is 3.83. The molecule has 3 aromatic rings. The molecule has 1 N–H and O–H groups in total. The molecule has 1 aromatic carbocycles. The van der Waals surface area contributed by atoms with Crippen molar-refractivity contribution in [1.82, 2.24) is 15.2 Å². The summed E-state index contributed by atoms with van der Waals surface area (Å²) in [5.41, 5.74) is 1.09. The van der Waals surface area contributed by atoms with Crippen LogP contribution in [0.15, 0.2) is 42.7 Å². The first-order valence-electron chi connectivity index (χ1n) is 6.40. The Hall–Kier alpha value is -2.40. The fraction of sp³-hybridized carbons (Fsp3) is 0.133. The quantitative estimate of drug-likeness (QED) is 0.801. The molecule has 0 saturated carbocycles. The van der Waals surface area contributed by atoms with Crippen molar-refractivity contribution in [3.63, 3.8) is 0 Å². The highest BCUT2D eigenvalue weighted by Gasteiger charge is 2.07. The Balaban J connectivity index is 1.87. The van der Waals surface area contributed by atoms with Crippen molar-refractivity contribution in [2.75, 3.05) is 12.4 Å². The minimum atomic E-state index is 0.374. The molecule has 3 rings (SSSR count). The summed E-state index contributed by atoms with van der Waals surface area (Å²) >= 11 is 6.04. The van der Waals surface area contributed by atoms with Crippen LogP contribution in [0.1, 0.15) is 5.56 Å². The monoisotopic (exact) mass is 300 g/mol. The summed E-state index contributed by atoms with van der Waals surface area (Å²) in [5, 5.41) is 13.4. The molecule has 0 saturated heterocycles. The summed E-state index contributed by atoms with van der Waals surface area (Å²) in [7, 11) is 1.65. The molecule has 6 heteroatoms. The van der Waals surface area contributed by atoms with Crippen LogP contribution in [0.4, 0.5) is 5.82 Å². The largest absolute Gasteiger partial charge is 0.497 e. The third-order valence-corrected chi connectivity index (χ3v) is 3.41. The topological polar surface area (TPSA) is 59.9 Å². The van der Waals surface area contributed by atoms with E-state index >= 15 is 0 Å². The second-order valence-corrected chi connectivity index (χ2v) is 4.82. The Bertz CT molecular complexity index is 778. The lowest BCUT2D eigenvalue weighted by Gasteiger charge is -2.09. The number of nitrogens with zero attached hydrogens (tertiary/aromatic N) is 3. The first kappa shape index (κ1) is 13.6. The van der Waals surface area contributed by atoms with E-state index in [-0.39, 0.29) is 0 Å². The maximum atomic E-state index is 6.04. The average molecular weight is 301 g/mol. The SMILES string of the molecule is COc1cccc(CNc2nnc(Cl)c3ccncc23)c1. The third kappa shape index (κ3) is 2.87. The van der Waals surface area contributed by atoms with Crippen LogP contribution in [0.25, 0.3) is 10.8 Å². The summed E-state index contributed by atoms with van der Waals surface area (Å²) < 4.78 is 5.21. The number of nitrogens with one attached hydrogen (secondary N) is 1. The first-order chi connectivity index (χ1) is 10.3. The second-order valence-electron chi connectivity index (χ2n) is 4.47. The van der Waals surface area contributed by atoms with Gasteiger partial charge >= 0.3 is 0 Å². The number of fused-ring (bicyclic) bond motifs is 1. The van der Waals surface area contributed by atoms with Gasteiger partial charge in [0.15, 0.2) is 11.0 Å². The highest BCUT2D eigenvalue weighted by atomic mass is 35.5. The molecule has 0 aliphatic heterocycles. The van der Waals surface area contributed by atoms with Crippen molar-refractivity contribution in [3.05, 3.63) is 53.4 Å². The van der Waals surface area contributed by atoms with Gasteiger partial charge in [0, 0.05) is 29.7 Å². The Morgan fingerprint density at radius 1 is 1.19 bits per heavy atom. The standard InChI is InChI=1S/C15H13ClN4O/c1-21-11-4-2-3-10(7-11)8-18-15-13-9-17-6-5-12(13)14(16)19-20-15/h2-7,9H,8H2,1H3,(H,18,20). The Morgan fingerprint density at radius 3 is 2.95 bits per heavy atom. The summed E-state index contributed by atoms with van der Waals surface area (Å²) in [6, 6.07) is 9.66. The van der Waals surface area contributed by atoms with E-state index in [2.05, 4.69) is 20.5 Å². The van der Waals surface area contributed by atoms with E-state index in [1.165, 1.54) is 0 Å². The molecule has 5 nitrogen and oxygen atoms in total. The van der Waals surface area contributed by atoms with Gasteiger partial charge in [-0.1, -0.05) is 23.7 Å². The maximum absolute atomic E-state index is 6.04. The van der Waals surface area contributed by atoms with Crippen LogP contribution in [0, 0.1) is 0 Å². The number of anilines is 1. The molecule has 0 radical (unpaired) electrons. The first-order valence-corrected chi connectivity index (χ1v) is 6.78. The lowest BCUT2D eigenvalue weighted by molar-refractivity contribution is 0.414. The van der Waals surface area contributed by atoms with Gasteiger partial charge in [0.2, 0.25) is 0 Å². The molecular weight excluding hydrogens is 288 g/mol. The number of pyridine rings is 1. The highest BCUT2D eigenvalue weighted by Crippen LogP contribution is 2.25. The maximum Gasteiger partial charge on any atom is 0.159 e. The number of ether oxygens (including phenoxy) is 1. The van der Waals surface area contributed by atoms with Crippen molar-refractivity contribution < 1.29 is 4.74 Å². The van der Waals surface area contributed by atoms with Gasteiger partial charge in [-0.2, -0.15) is 0 Å². The van der Waals surface area contributed by atoms with Gasteiger partial charge in [-0.15, -0.1) is 10.2 Å². The van der Waals surface area contributed by atoms with Crippen molar-refractivity contribution >= 4 is 28.2 Å². The van der Waals surface area contributed by atoms with Crippen LogP contribution in [0.5, 0.6) is 5.75 Å². The van der Waals surface area contributed by atoms with Crippen molar-refractivity contribution in [1.29, 1.82) is 0 Å². The zero-order valence-corrected chi connectivity index (χ0v) is 12.1. The predicted octanol–water partition coefficient (Wildman–Crippen LogP) is 3.30. The van der Waals surface area contributed by atoms with E-state index in [1.54, 1.807) is 19.5 Å². The molecule has 106 valence electrons. The van der Waals surface area contributed by atoms with Gasteiger partial charge in [0.1, 0.15) is 5.75 Å². The van der Waals surface area contributed by atoms with E-state index < -0.39 is 0 Å². The van der Waals surface area contributed by atoms with Gasteiger partial charge in [-0.05, 0) is 23.8 Å². The van der Waals surface area contributed by atoms with E-state index in [4.69, 9.17) is 16.3 Å². The van der Waals surface area contributed by atoms with Gasteiger partial charge in [0.05, 0.1) is 7.11 Å². The van der Waals surface area contributed by atoms with Crippen molar-refractivity contribution in [3.8, 4) is 5.75 Å². The minimum absolute atomic E-state index is 0.374. The molecule has 21 heavy (non-hydrogen) atoms. The molecule has 0 aliphatic carbocycles. The number of hydrogen-bond donors (Lipinski definition) is 1. The van der Waals surface area contributed by atoms with Crippen molar-refractivity contribution in [2.24, 2.45) is 0 Å². The van der Waals surface area contributed by atoms with Crippen LogP contribution >= 0.6 is 11.6 Å². The number of methoxy groups -OCH3 is 1. The lowest BCUT2D eigenvalue weighted by atomic mass is 10.2. The zero-order chi connectivity index (χ0) is 14.7. The van der Waals surface area contributed by atoms with Crippen molar-refractivity contribution in [2.45, 2.75) is 6.54 Å². The van der Waals surface area contributed by atoms with E-state index in [0.29, 0.717) is 17.5 Å². The number of hydrogen-bond acceptors (Lipinski definition) is 5. The smallest absolute Gasteiger partial charge is 0.159 e. The average Bonchev–Trinajstić information content (AvgIpc) is 2.55. The van der Waals surface area contributed by atoms with E-state index in [9.17, 15) is 0 Å². The summed E-state index contributed by atoms with van der Waals surface area (Å²) in [4.78, 5) is 4.11. The lowest BCUT2D eigenvalue weighted by Crippen LogP contribution is -2.04. The molecule has 0 aliphatic rings. The van der Waals surface area contributed by atoms with E-state index in [0.717, 1.165) is 22.1 Å². The Morgan fingerprint density at radius 2 is 2.10 bits per heavy atom. The van der Waals surface area contributed by atoms with Crippen LogP contribution < -0.4 is 10.1 Å². The molecular formula is C15H13ClN4O. The normalized spacial score (nSPS) is 10.6. The van der Waals surface area contributed by atoms with Gasteiger partial charge in [-0.25, -0.2) is 0 Å². The van der Waals surface area contributed by atoms with Crippen LogP contribution in [-0.4, -0.2) is 22.3 Å². The number of benzene rings is 1. The number of aromatic nitrogens is 3. The summed E-state index contributed by atoms with van der Waals surface area (Å²) in [6.45, 7) is 0.609. The third-order valence-electron chi connectivity index (χ3n) is 3.13. The highest BCUT2D eigenvalue weighted by molar-refractivity contribution is 6.34. The molecule has 0 spiro atoms. The number of halogens is 1. The van der Waals surface area contributed by atoms with Gasteiger partial charge < -0.3 is 10.1 Å². The molecule has 0 atom stereocenters.